The predicted molar refractivity (Wildman–Crippen MR) is 130 cm³/mol. The number of nitrogens with one attached hydrogen (secondary N) is 1. The molecule has 2 aromatic heterocycles. The fraction of sp³-hybridized carbons (Fsp3) is 0.200. The molecule has 33 heavy (non-hydrogen) atoms. The average molecular weight is 461 g/mol. The molecular weight excluding hydrogens is 436 g/mol. The van der Waals surface area contributed by atoms with Gasteiger partial charge in [-0.15, -0.1) is 11.3 Å². The monoisotopic (exact) mass is 460 g/mol. The maximum absolute atomic E-state index is 12.9. The van der Waals surface area contributed by atoms with Crippen molar-refractivity contribution in [3.05, 3.63) is 76.2 Å². The molecule has 7 nitrogen and oxygen atoms in total. The zero-order chi connectivity index (χ0) is 23.5. The lowest BCUT2D eigenvalue weighted by molar-refractivity contribution is -0.141. The van der Waals surface area contributed by atoms with Crippen LogP contribution in [-0.2, 0) is 9.53 Å². The van der Waals surface area contributed by atoms with Gasteiger partial charge < -0.3 is 15.8 Å². The molecule has 3 N–H and O–H groups in total. The largest absolute Gasteiger partial charge is 0.469 e. The Morgan fingerprint density at radius 2 is 1.76 bits per heavy atom. The van der Waals surface area contributed by atoms with Crippen molar-refractivity contribution in [1.82, 2.24) is 15.3 Å². The Morgan fingerprint density at radius 1 is 1.06 bits per heavy atom. The Bertz CT molecular complexity index is 1320. The maximum Gasteiger partial charge on any atom is 0.307 e. The van der Waals surface area contributed by atoms with E-state index in [-0.39, 0.29) is 12.3 Å². The van der Waals surface area contributed by atoms with Crippen LogP contribution in [0.1, 0.15) is 38.8 Å². The number of fused-ring (bicyclic) bond motifs is 1. The number of rotatable bonds is 6. The quantitative estimate of drug-likeness (QED) is 0.408. The molecule has 4 aromatic rings. The second-order valence-corrected chi connectivity index (χ2v) is 8.89. The van der Waals surface area contributed by atoms with Gasteiger partial charge in [0.1, 0.15) is 10.6 Å². The van der Waals surface area contributed by atoms with Crippen LogP contribution < -0.4 is 11.1 Å². The predicted octanol–water partition coefficient (Wildman–Crippen LogP) is 4.59. The van der Waals surface area contributed by atoms with Gasteiger partial charge in [0.05, 0.1) is 25.0 Å². The van der Waals surface area contributed by atoms with Gasteiger partial charge >= 0.3 is 5.97 Å². The van der Waals surface area contributed by atoms with Gasteiger partial charge in [-0.25, -0.2) is 9.97 Å². The number of nitrogens with two attached hydrogens (primary N) is 1. The molecule has 0 aliphatic carbocycles. The summed E-state index contributed by atoms with van der Waals surface area (Å²) in [7, 11) is 1.33. The van der Waals surface area contributed by atoms with E-state index in [0.29, 0.717) is 17.2 Å². The molecule has 2 heterocycles. The van der Waals surface area contributed by atoms with E-state index in [1.165, 1.54) is 7.11 Å². The number of esters is 1. The summed E-state index contributed by atoms with van der Waals surface area (Å²) < 4.78 is 4.79. The Balaban J connectivity index is 1.56. The zero-order valence-corrected chi connectivity index (χ0v) is 19.4. The number of ether oxygens (including phenoxy) is 1. The van der Waals surface area contributed by atoms with Crippen molar-refractivity contribution in [2.75, 3.05) is 12.8 Å². The molecule has 0 aliphatic heterocycles. The van der Waals surface area contributed by atoms with Crippen LogP contribution in [0.4, 0.5) is 5.82 Å². The molecule has 8 heteroatoms. The van der Waals surface area contributed by atoms with Crippen molar-refractivity contribution < 1.29 is 14.3 Å². The van der Waals surface area contributed by atoms with Crippen molar-refractivity contribution in [3.63, 3.8) is 0 Å². The first kappa shape index (κ1) is 22.4. The van der Waals surface area contributed by atoms with Crippen LogP contribution >= 0.6 is 11.3 Å². The first-order valence-electron chi connectivity index (χ1n) is 10.4. The van der Waals surface area contributed by atoms with Crippen LogP contribution in [0, 0.1) is 13.8 Å². The number of anilines is 1. The summed E-state index contributed by atoms with van der Waals surface area (Å²) in [5, 5.41) is 3.82. The first-order chi connectivity index (χ1) is 15.9. The summed E-state index contributed by atoms with van der Waals surface area (Å²) in [6, 6.07) is 15.8. The average Bonchev–Trinajstić information content (AvgIpc) is 3.12. The van der Waals surface area contributed by atoms with Gasteiger partial charge in [-0.1, -0.05) is 42.5 Å². The molecule has 1 amide bonds. The van der Waals surface area contributed by atoms with E-state index in [9.17, 15) is 9.59 Å². The number of amides is 1. The van der Waals surface area contributed by atoms with E-state index in [2.05, 4.69) is 15.3 Å². The van der Waals surface area contributed by atoms with Gasteiger partial charge in [0.2, 0.25) is 0 Å². The highest BCUT2D eigenvalue weighted by atomic mass is 32.1. The Labute approximate surface area is 195 Å². The second kappa shape index (κ2) is 9.38. The molecule has 0 saturated carbocycles. The smallest absolute Gasteiger partial charge is 0.307 e. The lowest BCUT2D eigenvalue weighted by Gasteiger charge is -2.18. The number of methoxy groups -OCH3 is 1. The van der Waals surface area contributed by atoms with Crippen LogP contribution in [-0.4, -0.2) is 29.0 Å². The van der Waals surface area contributed by atoms with Crippen LogP contribution in [0.2, 0.25) is 0 Å². The van der Waals surface area contributed by atoms with E-state index < -0.39 is 12.0 Å². The maximum atomic E-state index is 12.9. The molecule has 0 bridgehead atoms. The SMILES string of the molecule is COC(=O)C[C@@H](NC(=O)c1ccc(-c2nc(N)c3c(C)c(C)sc3n2)cc1)c1ccccc1. The topological polar surface area (TPSA) is 107 Å². The van der Waals surface area contributed by atoms with Crippen molar-refractivity contribution in [2.45, 2.75) is 26.3 Å². The van der Waals surface area contributed by atoms with E-state index >= 15 is 0 Å². The summed E-state index contributed by atoms with van der Waals surface area (Å²) in [5.74, 6) is 0.275. The molecule has 0 fully saturated rings. The minimum atomic E-state index is -0.498. The molecule has 0 saturated heterocycles. The highest BCUT2D eigenvalue weighted by molar-refractivity contribution is 7.18. The summed E-state index contributed by atoms with van der Waals surface area (Å²) in [6.45, 7) is 4.06. The van der Waals surface area contributed by atoms with E-state index in [0.717, 1.165) is 31.8 Å². The van der Waals surface area contributed by atoms with Gasteiger partial charge in [-0.3, -0.25) is 9.59 Å². The van der Waals surface area contributed by atoms with Gasteiger partial charge in [-0.05, 0) is 37.1 Å². The fourth-order valence-electron chi connectivity index (χ4n) is 3.61. The van der Waals surface area contributed by atoms with Gasteiger partial charge in [0.25, 0.3) is 5.91 Å². The summed E-state index contributed by atoms with van der Waals surface area (Å²) >= 11 is 1.59. The number of nitrogens with zero attached hydrogens (tertiary/aromatic N) is 2. The van der Waals surface area contributed by atoms with Crippen molar-refractivity contribution in [1.29, 1.82) is 0 Å². The van der Waals surface area contributed by atoms with Crippen molar-refractivity contribution in [3.8, 4) is 11.4 Å². The highest BCUT2D eigenvalue weighted by Crippen LogP contribution is 2.33. The minimum Gasteiger partial charge on any atom is -0.469 e. The third-order valence-corrected chi connectivity index (χ3v) is 6.67. The molecule has 168 valence electrons. The Kier molecular flexibility index (Phi) is 6.37. The van der Waals surface area contributed by atoms with Gasteiger partial charge in [-0.2, -0.15) is 0 Å². The second-order valence-electron chi connectivity index (χ2n) is 7.69. The fourth-order valence-corrected chi connectivity index (χ4v) is 4.65. The number of benzene rings is 2. The van der Waals surface area contributed by atoms with Crippen LogP contribution in [0.25, 0.3) is 21.6 Å². The van der Waals surface area contributed by atoms with Crippen LogP contribution in [0.3, 0.4) is 0 Å². The number of hydrogen-bond donors (Lipinski definition) is 2. The normalized spacial score (nSPS) is 11.8. The zero-order valence-electron chi connectivity index (χ0n) is 18.6. The molecule has 1 atom stereocenters. The number of carbonyl (C=O) groups is 2. The van der Waals surface area contributed by atoms with E-state index in [1.54, 1.807) is 35.6 Å². The van der Waals surface area contributed by atoms with Crippen molar-refractivity contribution >= 4 is 39.2 Å². The third kappa shape index (κ3) is 4.70. The van der Waals surface area contributed by atoms with Gasteiger partial charge in [0.15, 0.2) is 5.82 Å². The molecular formula is C25H24N4O3S. The highest BCUT2D eigenvalue weighted by Gasteiger charge is 2.20. The van der Waals surface area contributed by atoms with Crippen molar-refractivity contribution in [2.24, 2.45) is 0 Å². The number of aryl methyl sites for hydroxylation is 2. The lowest BCUT2D eigenvalue weighted by atomic mass is 10.0. The molecule has 4 rings (SSSR count). The van der Waals surface area contributed by atoms with E-state index in [4.69, 9.17) is 10.5 Å². The lowest BCUT2D eigenvalue weighted by Crippen LogP contribution is -2.30. The third-order valence-electron chi connectivity index (χ3n) is 5.57. The van der Waals surface area contributed by atoms with Gasteiger partial charge in [0, 0.05) is 16.0 Å². The van der Waals surface area contributed by atoms with Crippen LogP contribution in [0.5, 0.6) is 0 Å². The minimum absolute atomic E-state index is 0.0388. The Morgan fingerprint density at radius 3 is 2.42 bits per heavy atom. The molecule has 0 unspecified atom stereocenters. The number of hydrogen-bond acceptors (Lipinski definition) is 7. The van der Waals surface area contributed by atoms with E-state index in [1.807, 2.05) is 44.2 Å². The molecule has 0 spiro atoms. The summed E-state index contributed by atoms with van der Waals surface area (Å²) in [6.07, 6.45) is 0.0388. The summed E-state index contributed by atoms with van der Waals surface area (Å²) in [5.41, 5.74) is 9.35. The summed E-state index contributed by atoms with van der Waals surface area (Å²) in [4.78, 5) is 35.9. The molecule has 0 aliphatic rings. The number of aromatic nitrogens is 2. The standard InChI is InChI=1S/C25H24N4O3S/c1-14-15(2)33-25-21(14)22(26)28-23(29-25)17-9-11-18(12-10-17)24(31)27-19(13-20(30)32-3)16-7-5-4-6-8-16/h4-12,19H,13H2,1-3H3,(H,27,31)(H2,26,28,29)/t19-/m1/s1. The number of nitrogen functional groups attached to an aromatic ring is 1. The molecule has 0 radical (unpaired) electrons. The number of carbonyl (C=O) groups excluding carboxylic acids is 2. The first-order valence-corrected chi connectivity index (χ1v) is 11.2. The van der Waals surface area contributed by atoms with Crippen LogP contribution in [0.15, 0.2) is 54.6 Å². The number of thiophene rings is 1. The molecule has 2 aromatic carbocycles. The Hall–Kier alpha value is -3.78.